The van der Waals surface area contributed by atoms with Gasteiger partial charge in [0.25, 0.3) is 11.8 Å². The zero-order valence-corrected chi connectivity index (χ0v) is 17.0. The number of nitrogens with zero attached hydrogens (tertiary/aromatic N) is 3. The van der Waals surface area contributed by atoms with Crippen molar-refractivity contribution in [2.75, 3.05) is 12.4 Å². The molecule has 0 atom stereocenters. The summed E-state index contributed by atoms with van der Waals surface area (Å²) in [4.78, 5) is 46.6. The van der Waals surface area contributed by atoms with Crippen LogP contribution in [0, 0.1) is 6.92 Å². The second-order valence-electron chi connectivity index (χ2n) is 7.06. The monoisotopic (exact) mass is 420 g/mol. The van der Waals surface area contributed by atoms with Gasteiger partial charge in [-0.3, -0.25) is 24.3 Å². The van der Waals surface area contributed by atoms with E-state index >= 15 is 0 Å². The second kappa shape index (κ2) is 7.68. The number of hydrogen-bond donors (Lipinski definition) is 1. The molecule has 3 amide bonds. The standard InChI is InChI=1S/C22H17ClN4O3/c1-12-5-14(20-17(6-12)21(29)27(2)22(20)30)8-19(28)26-18-4-3-13(10-25-18)15-7-16(23)11-24-9-15/h3-7,9-11H,8H2,1-2H3,(H,25,26,28). The first-order chi connectivity index (χ1) is 14.3. The molecule has 2 aromatic heterocycles. The van der Waals surface area contributed by atoms with Crippen LogP contribution in [0.2, 0.25) is 5.02 Å². The first-order valence-corrected chi connectivity index (χ1v) is 9.54. The van der Waals surface area contributed by atoms with Gasteiger partial charge < -0.3 is 5.32 Å². The molecule has 1 aliphatic heterocycles. The SMILES string of the molecule is Cc1cc(CC(=O)Nc2ccc(-c3cncc(Cl)c3)cn2)c2c(c1)C(=O)N(C)C2=O. The Bertz CT molecular complexity index is 1190. The van der Waals surface area contributed by atoms with Crippen LogP contribution in [0.25, 0.3) is 11.1 Å². The Kier molecular flexibility index (Phi) is 5.05. The van der Waals surface area contributed by atoms with Crippen LogP contribution < -0.4 is 5.32 Å². The van der Waals surface area contributed by atoms with Gasteiger partial charge in [0, 0.05) is 36.8 Å². The Morgan fingerprint density at radius 1 is 1.07 bits per heavy atom. The third-order valence-corrected chi connectivity index (χ3v) is 5.04. The number of rotatable bonds is 4. The van der Waals surface area contributed by atoms with Crippen LogP contribution in [0.15, 0.2) is 48.9 Å². The number of imide groups is 1. The highest BCUT2D eigenvalue weighted by Gasteiger charge is 2.35. The molecule has 0 bridgehead atoms. The van der Waals surface area contributed by atoms with Gasteiger partial charge >= 0.3 is 0 Å². The van der Waals surface area contributed by atoms with Crippen LogP contribution in [0.3, 0.4) is 0 Å². The average molecular weight is 421 g/mol. The molecule has 1 aromatic carbocycles. The number of halogens is 1. The molecule has 0 radical (unpaired) electrons. The quantitative estimate of drug-likeness (QED) is 0.652. The molecule has 0 saturated heterocycles. The fraction of sp³-hybridized carbons (Fsp3) is 0.136. The number of amides is 3. The molecule has 0 spiro atoms. The predicted octanol–water partition coefficient (Wildman–Crippen LogP) is 3.51. The van der Waals surface area contributed by atoms with Gasteiger partial charge in [-0.2, -0.15) is 0 Å². The number of benzene rings is 1. The highest BCUT2D eigenvalue weighted by Crippen LogP contribution is 2.27. The van der Waals surface area contributed by atoms with Crippen molar-refractivity contribution < 1.29 is 14.4 Å². The Labute approximate surface area is 177 Å². The summed E-state index contributed by atoms with van der Waals surface area (Å²) in [6.45, 7) is 1.82. The van der Waals surface area contributed by atoms with E-state index in [1.54, 1.807) is 48.9 Å². The van der Waals surface area contributed by atoms with Crippen LogP contribution in [-0.2, 0) is 11.2 Å². The molecule has 0 unspecified atom stereocenters. The Hall–Kier alpha value is -3.58. The summed E-state index contributed by atoms with van der Waals surface area (Å²) in [5.41, 5.74) is 3.59. The minimum atomic E-state index is -0.393. The minimum Gasteiger partial charge on any atom is -0.310 e. The smallest absolute Gasteiger partial charge is 0.261 e. The highest BCUT2D eigenvalue weighted by molar-refractivity contribution is 6.30. The van der Waals surface area contributed by atoms with E-state index in [2.05, 4.69) is 15.3 Å². The number of aryl methyl sites for hydroxylation is 1. The normalized spacial score (nSPS) is 12.8. The molecule has 3 heterocycles. The van der Waals surface area contributed by atoms with Crippen molar-refractivity contribution in [3.05, 3.63) is 76.2 Å². The lowest BCUT2D eigenvalue weighted by Crippen LogP contribution is -2.24. The first kappa shape index (κ1) is 19.7. The summed E-state index contributed by atoms with van der Waals surface area (Å²) in [5, 5.41) is 3.25. The van der Waals surface area contributed by atoms with E-state index in [1.807, 2.05) is 6.92 Å². The summed E-state index contributed by atoms with van der Waals surface area (Å²) >= 11 is 5.96. The number of carbonyl (C=O) groups excluding carboxylic acids is 3. The van der Waals surface area contributed by atoms with Crippen LogP contribution in [-0.4, -0.2) is 39.6 Å². The van der Waals surface area contributed by atoms with Gasteiger partial charge in [-0.1, -0.05) is 17.7 Å². The minimum absolute atomic E-state index is 0.0431. The van der Waals surface area contributed by atoms with E-state index in [0.717, 1.165) is 21.6 Å². The van der Waals surface area contributed by atoms with Crippen molar-refractivity contribution in [1.29, 1.82) is 0 Å². The molecule has 150 valence electrons. The molecule has 30 heavy (non-hydrogen) atoms. The summed E-state index contributed by atoms with van der Waals surface area (Å²) in [6, 6.07) is 8.68. The maximum atomic E-state index is 12.6. The van der Waals surface area contributed by atoms with Crippen LogP contribution in [0.1, 0.15) is 31.8 Å². The molecule has 8 heteroatoms. The second-order valence-corrected chi connectivity index (χ2v) is 7.50. The topological polar surface area (TPSA) is 92.3 Å². The van der Waals surface area contributed by atoms with Crippen molar-refractivity contribution in [3.8, 4) is 11.1 Å². The van der Waals surface area contributed by atoms with Gasteiger partial charge in [0.15, 0.2) is 0 Å². The summed E-state index contributed by atoms with van der Waals surface area (Å²) < 4.78 is 0. The lowest BCUT2D eigenvalue weighted by Gasteiger charge is -2.09. The number of hydrogen-bond acceptors (Lipinski definition) is 5. The molecule has 0 saturated carbocycles. The molecule has 1 N–H and O–H groups in total. The number of pyridine rings is 2. The van der Waals surface area contributed by atoms with E-state index in [1.165, 1.54) is 7.05 Å². The summed E-state index contributed by atoms with van der Waals surface area (Å²) in [5.74, 6) is -0.701. The maximum Gasteiger partial charge on any atom is 0.261 e. The molecule has 0 aliphatic carbocycles. The molecular weight excluding hydrogens is 404 g/mol. The molecule has 1 aliphatic rings. The lowest BCUT2D eigenvalue weighted by molar-refractivity contribution is -0.115. The predicted molar refractivity (Wildman–Crippen MR) is 112 cm³/mol. The number of aromatic nitrogens is 2. The van der Waals surface area contributed by atoms with E-state index in [-0.39, 0.29) is 18.2 Å². The van der Waals surface area contributed by atoms with Crippen LogP contribution in [0.5, 0.6) is 0 Å². The number of fused-ring (bicyclic) bond motifs is 1. The maximum absolute atomic E-state index is 12.6. The number of anilines is 1. The number of carbonyl (C=O) groups is 3. The molecule has 4 rings (SSSR count). The zero-order valence-electron chi connectivity index (χ0n) is 16.3. The average Bonchev–Trinajstić information content (AvgIpc) is 2.92. The molecule has 3 aromatic rings. The lowest BCUT2D eigenvalue weighted by atomic mass is 9.97. The van der Waals surface area contributed by atoms with Crippen molar-refractivity contribution >= 4 is 35.1 Å². The van der Waals surface area contributed by atoms with Crippen LogP contribution in [0.4, 0.5) is 5.82 Å². The van der Waals surface area contributed by atoms with Crippen molar-refractivity contribution in [1.82, 2.24) is 14.9 Å². The van der Waals surface area contributed by atoms with Gasteiger partial charge in [0.2, 0.25) is 5.91 Å². The molecule has 7 nitrogen and oxygen atoms in total. The fourth-order valence-electron chi connectivity index (χ4n) is 3.43. The molecule has 0 fully saturated rings. The van der Waals surface area contributed by atoms with Crippen molar-refractivity contribution in [3.63, 3.8) is 0 Å². The summed E-state index contributed by atoms with van der Waals surface area (Å²) in [7, 11) is 1.44. The van der Waals surface area contributed by atoms with Gasteiger partial charge in [-0.25, -0.2) is 4.98 Å². The molecular formula is C22H17ClN4O3. The van der Waals surface area contributed by atoms with Crippen molar-refractivity contribution in [2.24, 2.45) is 0 Å². The van der Waals surface area contributed by atoms with Gasteiger partial charge in [0.05, 0.1) is 22.6 Å². The highest BCUT2D eigenvalue weighted by atomic mass is 35.5. The van der Waals surface area contributed by atoms with E-state index in [0.29, 0.717) is 27.5 Å². The van der Waals surface area contributed by atoms with E-state index in [4.69, 9.17) is 11.6 Å². The first-order valence-electron chi connectivity index (χ1n) is 9.16. The fourth-order valence-corrected chi connectivity index (χ4v) is 3.60. The van der Waals surface area contributed by atoms with E-state index < -0.39 is 5.91 Å². The Balaban J connectivity index is 1.52. The largest absolute Gasteiger partial charge is 0.310 e. The van der Waals surface area contributed by atoms with E-state index in [9.17, 15) is 14.4 Å². The van der Waals surface area contributed by atoms with Crippen LogP contribution >= 0.6 is 11.6 Å². The third-order valence-electron chi connectivity index (χ3n) is 4.84. The number of nitrogens with one attached hydrogen (secondary N) is 1. The summed E-state index contributed by atoms with van der Waals surface area (Å²) in [6.07, 6.45) is 4.79. The van der Waals surface area contributed by atoms with Gasteiger partial charge in [-0.15, -0.1) is 0 Å². The Morgan fingerprint density at radius 2 is 1.87 bits per heavy atom. The zero-order chi connectivity index (χ0) is 21.4. The Morgan fingerprint density at radius 3 is 2.57 bits per heavy atom. The van der Waals surface area contributed by atoms with Gasteiger partial charge in [-0.05, 0) is 42.3 Å². The van der Waals surface area contributed by atoms with Crippen molar-refractivity contribution in [2.45, 2.75) is 13.3 Å². The third kappa shape index (κ3) is 3.67. The van der Waals surface area contributed by atoms with Gasteiger partial charge in [0.1, 0.15) is 5.82 Å².